The average Bonchev–Trinajstić information content (AvgIpc) is 2.80. The fourth-order valence-corrected chi connectivity index (χ4v) is 3.30. The largest absolute Gasteiger partial charge is 0.494 e. The van der Waals surface area contributed by atoms with E-state index < -0.39 is 0 Å². The highest BCUT2D eigenvalue weighted by molar-refractivity contribution is 5.91. The quantitative estimate of drug-likeness (QED) is 0.168. The summed E-state index contributed by atoms with van der Waals surface area (Å²) in [5, 5.41) is 0. The van der Waals surface area contributed by atoms with Gasteiger partial charge in [-0.1, -0.05) is 64.5 Å². The molecule has 0 aliphatic heterocycles. The predicted molar refractivity (Wildman–Crippen MR) is 126 cm³/mol. The van der Waals surface area contributed by atoms with Crippen LogP contribution in [0.4, 0.5) is 0 Å². The molecule has 170 valence electrons. The number of ether oxygens (including phenoxy) is 3. The third kappa shape index (κ3) is 9.56. The van der Waals surface area contributed by atoms with E-state index in [-0.39, 0.29) is 12.1 Å². The molecule has 2 aromatic rings. The normalized spacial score (nSPS) is 11.8. The van der Waals surface area contributed by atoms with Crippen molar-refractivity contribution in [1.29, 1.82) is 0 Å². The molecule has 0 fully saturated rings. The Morgan fingerprint density at radius 3 is 2.00 bits per heavy atom. The van der Waals surface area contributed by atoms with E-state index >= 15 is 0 Å². The van der Waals surface area contributed by atoms with Crippen LogP contribution in [0.5, 0.6) is 11.5 Å². The van der Waals surface area contributed by atoms with Crippen LogP contribution in [0, 0.1) is 0 Å². The molecule has 2 aromatic carbocycles. The van der Waals surface area contributed by atoms with Gasteiger partial charge in [-0.3, -0.25) is 0 Å². The first-order valence-corrected chi connectivity index (χ1v) is 11.8. The van der Waals surface area contributed by atoms with Crippen LogP contribution in [0.2, 0.25) is 0 Å². The van der Waals surface area contributed by atoms with Crippen LogP contribution in [0.25, 0.3) is 0 Å². The molecule has 0 aromatic heterocycles. The molecule has 0 aliphatic rings. The van der Waals surface area contributed by atoms with Crippen molar-refractivity contribution in [3.05, 3.63) is 59.7 Å². The molecule has 0 amide bonds. The summed E-state index contributed by atoms with van der Waals surface area (Å²) >= 11 is 0. The zero-order chi connectivity index (χ0) is 22.3. The second-order valence-electron chi connectivity index (χ2n) is 7.97. The van der Waals surface area contributed by atoms with Crippen LogP contribution >= 0.6 is 0 Å². The van der Waals surface area contributed by atoms with E-state index in [0.717, 1.165) is 30.8 Å². The molecule has 0 bridgehead atoms. The number of carbonyl (C=O) groups is 1. The maximum atomic E-state index is 12.4. The first-order valence-electron chi connectivity index (χ1n) is 11.8. The summed E-state index contributed by atoms with van der Waals surface area (Å²) in [7, 11) is 0. The Kier molecular flexibility index (Phi) is 11.8. The summed E-state index contributed by atoms with van der Waals surface area (Å²) in [5.41, 5.74) is 1.59. The van der Waals surface area contributed by atoms with Gasteiger partial charge < -0.3 is 14.2 Å². The van der Waals surface area contributed by atoms with Gasteiger partial charge in [-0.15, -0.1) is 0 Å². The number of unbranched alkanes of at least 4 members (excludes halogenated alkanes) is 6. The SMILES string of the molecule is CCCCCCCCCOC(C)c1ccc(C(=O)Oc2ccc(OCCC)cc2)cc1. The standard InChI is InChI=1S/C27H38O4/c1-4-6-7-8-9-10-11-21-29-22(3)23-12-14-24(15-13-23)27(28)31-26-18-16-25(17-19-26)30-20-5-2/h12-19,22H,4-11,20-21H2,1-3H3. The van der Waals surface area contributed by atoms with Crippen LogP contribution in [0.15, 0.2) is 48.5 Å². The van der Waals surface area contributed by atoms with E-state index in [2.05, 4.69) is 20.8 Å². The maximum absolute atomic E-state index is 12.4. The molecular formula is C27H38O4. The Hall–Kier alpha value is -2.33. The minimum atomic E-state index is -0.370. The van der Waals surface area contributed by atoms with Crippen molar-refractivity contribution >= 4 is 5.97 Å². The number of rotatable bonds is 15. The minimum Gasteiger partial charge on any atom is -0.494 e. The van der Waals surface area contributed by atoms with Crippen molar-refractivity contribution in [2.24, 2.45) is 0 Å². The van der Waals surface area contributed by atoms with Crippen molar-refractivity contribution in [1.82, 2.24) is 0 Å². The molecule has 31 heavy (non-hydrogen) atoms. The van der Waals surface area contributed by atoms with Crippen LogP contribution in [0.1, 0.15) is 94.2 Å². The first-order chi connectivity index (χ1) is 15.1. The molecule has 4 heteroatoms. The van der Waals surface area contributed by atoms with Gasteiger partial charge in [0.15, 0.2) is 0 Å². The Bertz CT molecular complexity index is 737. The summed E-state index contributed by atoms with van der Waals surface area (Å²) in [6.45, 7) is 7.80. The summed E-state index contributed by atoms with van der Waals surface area (Å²) in [6, 6.07) is 14.6. The maximum Gasteiger partial charge on any atom is 0.343 e. The van der Waals surface area contributed by atoms with Crippen molar-refractivity contribution in [2.75, 3.05) is 13.2 Å². The number of benzene rings is 2. The highest BCUT2D eigenvalue weighted by atomic mass is 16.5. The van der Waals surface area contributed by atoms with Gasteiger partial charge in [-0.2, -0.15) is 0 Å². The minimum absolute atomic E-state index is 0.0147. The van der Waals surface area contributed by atoms with E-state index in [1.54, 1.807) is 24.3 Å². The lowest BCUT2D eigenvalue weighted by atomic mass is 10.1. The molecule has 0 saturated heterocycles. The Labute approximate surface area is 187 Å². The Balaban J connectivity index is 1.73. The molecule has 0 saturated carbocycles. The Morgan fingerprint density at radius 1 is 0.742 bits per heavy atom. The molecular weight excluding hydrogens is 388 g/mol. The molecule has 1 atom stereocenters. The lowest BCUT2D eigenvalue weighted by Crippen LogP contribution is -2.09. The Morgan fingerprint density at radius 2 is 1.35 bits per heavy atom. The highest BCUT2D eigenvalue weighted by Gasteiger charge is 2.11. The highest BCUT2D eigenvalue weighted by Crippen LogP contribution is 2.21. The third-order valence-corrected chi connectivity index (χ3v) is 5.24. The zero-order valence-electron chi connectivity index (χ0n) is 19.4. The number of esters is 1. The lowest BCUT2D eigenvalue weighted by Gasteiger charge is -2.14. The van der Waals surface area contributed by atoms with E-state index in [4.69, 9.17) is 14.2 Å². The molecule has 1 unspecified atom stereocenters. The van der Waals surface area contributed by atoms with Gasteiger partial charge in [0, 0.05) is 6.61 Å². The van der Waals surface area contributed by atoms with Crippen LogP contribution in [-0.2, 0) is 4.74 Å². The topological polar surface area (TPSA) is 44.8 Å². The van der Waals surface area contributed by atoms with E-state index in [1.807, 2.05) is 24.3 Å². The fourth-order valence-electron chi connectivity index (χ4n) is 3.30. The van der Waals surface area contributed by atoms with Gasteiger partial charge in [0.2, 0.25) is 0 Å². The van der Waals surface area contributed by atoms with Crippen molar-refractivity contribution in [2.45, 2.75) is 78.2 Å². The summed E-state index contributed by atoms with van der Waals surface area (Å²) in [6.07, 6.45) is 9.91. The monoisotopic (exact) mass is 426 g/mol. The first kappa shape index (κ1) is 24.9. The van der Waals surface area contributed by atoms with E-state index in [9.17, 15) is 4.79 Å². The number of carbonyl (C=O) groups excluding carboxylic acids is 1. The van der Waals surface area contributed by atoms with Crippen molar-refractivity contribution in [3.63, 3.8) is 0 Å². The second-order valence-corrected chi connectivity index (χ2v) is 7.97. The second kappa shape index (κ2) is 14.6. The van der Waals surface area contributed by atoms with Gasteiger partial charge in [-0.25, -0.2) is 4.79 Å². The number of hydrogen-bond donors (Lipinski definition) is 0. The third-order valence-electron chi connectivity index (χ3n) is 5.24. The van der Waals surface area contributed by atoms with Crippen LogP contribution in [-0.4, -0.2) is 19.2 Å². The van der Waals surface area contributed by atoms with Gasteiger partial charge in [0.1, 0.15) is 11.5 Å². The van der Waals surface area contributed by atoms with Gasteiger partial charge in [0.25, 0.3) is 0 Å². The van der Waals surface area contributed by atoms with Crippen LogP contribution in [0.3, 0.4) is 0 Å². The summed E-state index contributed by atoms with van der Waals surface area (Å²) in [5.74, 6) is 0.909. The van der Waals surface area contributed by atoms with Crippen molar-refractivity contribution < 1.29 is 19.0 Å². The molecule has 0 radical (unpaired) electrons. The smallest absolute Gasteiger partial charge is 0.343 e. The summed E-state index contributed by atoms with van der Waals surface area (Å²) in [4.78, 5) is 12.4. The average molecular weight is 427 g/mol. The van der Waals surface area contributed by atoms with Crippen LogP contribution < -0.4 is 9.47 Å². The molecule has 0 heterocycles. The van der Waals surface area contributed by atoms with Gasteiger partial charge in [-0.05, 0) is 61.7 Å². The predicted octanol–water partition coefficient (Wildman–Crippen LogP) is 7.52. The van der Waals surface area contributed by atoms with E-state index in [0.29, 0.717) is 17.9 Å². The van der Waals surface area contributed by atoms with Gasteiger partial charge in [0.05, 0.1) is 18.3 Å². The molecule has 2 rings (SSSR count). The van der Waals surface area contributed by atoms with E-state index in [1.165, 1.54) is 38.5 Å². The number of hydrogen-bond acceptors (Lipinski definition) is 4. The fraction of sp³-hybridized carbons (Fsp3) is 0.519. The summed E-state index contributed by atoms with van der Waals surface area (Å²) < 4.78 is 17.0. The lowest BCUT2D eigenvalue weighted by molar-refractivity contribution is 0.0626. The van der Waals surface area contributed by atoms with Gasteiger partial charge >= 0.3 is 5.97 Å². The van der Waals surface area contributed by atoms with Crippen molar-refractivity contribution in [3.8, 4) is 11.5 Å². The molecule has 4 nitrogen and oxygen atoms in total. The zero-order valence-corrected chi connectivity index (χ0v) is 19.4. The molecule has 0 aliphatic carbocycles. The molecule has 0 spiro atoms. The molecule has 0 N–H and O–H groups in total.